The van der Waals surface area contributed by atoms with Crippen LogP contribution in [0.5, 0.6) is 0 Å². The van der Waals surface area contributed by atoms with Gasteiger partial charge in [-0.15, -0.1) is 0 Å². The van der Waals surface area contributed by atoms with Crippen LogP contribution in [0.2, 0.25) is 0 Å². The van der Waals surface area contributed by atoms with Gasteiger partial charge in [0.25, 0.3) is 0 Å². The van der Waals surface area contributed by atoms with Crippen LogP contribution in [0.3, 0.4) is 0 Å². The van der Waals surface area contributed by atoms with E-state index >= 15 is 0 Å². The topological polar surface area (TPSA) is 81.8 Å². The second-order valence-corrected chi connectivity index (χ2v) is 7.60. The van der Waals surface area contributed by atoms with E-state index in [0.29, 0.717) is 32.6 Å². The molecule has 0 radical (unpaired) electrons. The zero-order valence-corrected chi connectivity index (χ0v) is 16.6. The van der Waals surface area contributed by atoms with Crippen molar-refractivity contribution in [1.29, 1.82) is 0 Å². The highest BCUT2D eigenvalue weighted by Crippen LogP contribution is 2.16. The lowest BCUT2D eigenvalue weighted by Crippen LogP contribution is -2.56. The summed E-state index contributed by atoms with van der Waals surface area (Å²) in [5.41, 5.74) is 2.37. The zero-order valence-electron chi connectivity index (χ0n) is 16.6. The molecule has 7 heteroatoms. The average molecular weight is 386 g/mol. The first kappa shape index (κ1) is 20.3. The number of amides is 3. The predicted molar refractivity (Wildman–Crippen MR) is 106 cm³/mol. The molecule has 3 amide bonds. The van der Waals surface area contributed by atoms with E-state index in [9.17, 15) is 14.4 Å². The molecule has 1 aromatic rings. The van der Waals surface area contributed by atoms with E-state index in [-0.39, 0.29) is 24.1 Å². The van der Waals surface area contributed by atoms with Gasteiger partial charge in [-0.25, -0.2) is 0 Å². The first-order chi connectivity index (χ1) is 13.5. The van der Waals surface area contributed by atoms with Crippen molar-refractivity contribution in [2.45, 2.75) is 45.2 Å². The predicted octanol–water partition coefficient (Wildman–Crippen LogP) is 0.814. The zero-order chi connectivity index (χ0) is 19.9. The molecule has 0 saturated carbocycles. The van der Waals surface area contributed by atoms with Crippen molar-refractivity contribution in [3.63, 3.8) is 0 Å². The van der Waals surface area contributed by atoms with Gasteiger partial charge < -0.3 is 15.5 Å². The van der Waals surface area contributed by atoms with Crippen molar-refractivity contribution in [1.82, 2.24) is 20.4 Å². The molecule has 0 unspecified atom stereocenters. The number of aryl methyl sites for hydroxylation is 1. The lowest BCUT2D eigenvalue weighted by molar-refractivity contribution is -0.134. The molecule has 2 aliphatic heterocycles. The number of carbonyl (C=O) groups is 3. The van der Waals surface area contributed by atoms with E-state index in [2.05, 4.69) is 34.6 Å². The van der Waals surface area contributed by atoms with Gasteiger partial charge in [0.1, 0.15) is 0 Å². The minimum Gasteiger partial charge on any atom is -0.356 e. The van der Waals surface area contributed by atoms with Crippen LogP contribution in [0.4, 0.5) is 0 Å². The van der Waals surface area contributed by atoms with Gasteiger partial charge in [0, 0.05) is 45.7 Å². The Morgan fingerprint density at radius 1 is 1.25 bits per heavy atom. The quantitative estimate of drug-likeness (QED) is 0.648. The molecule has 2 aliphatic rings. The van der Waals surface area contributed by atoms with Crippen LogP contribution >= 0.6 is 0 Å². The second kappa shape index (κ2) is 9.68. The lowest BCUT2D eigenvalue weighted by Gasteiger charge is -2.35. The van der Waals surface area contributed by atoms with Gasteiger partial charge in [0.2, 0.25) is 17.7 Å². The van der Waals surface area contributed by atoms with Crippen LogP contribution in [0.25, 0.3) is 0 Å². The molecule has 2 saturated heterocycles. The van der Waals surface area contributed by atoms with E-state index in [1.807, 2.05) is 17.0 Å². The summed E-state index contributed by atoms with van der Waals surface area (Å²) in [6, 6.07) is 7.68. The van der Waals surface area contributed by atoms with Gasteiger partial charge in [-0.3, -0.25) is 19.3 Å². The van der Waals surface area contributed by atoms with Gasteiger partial charge in [-0.1, -0.05) is 24.3 Å². The number of nitrogens with one attached hydrogen (secondary N) is 2. The molecule has 152 valence electrons. The molecule has 3 rings (SSSR count). The Kier molecular flexibility index (Phi) is 7.03. The fraction of sp³-hybridized carbons (Fsp3) is 0.571. The van der Waals surface area contributed by atoms with Crippen molar-refractivity contribution in [2.24, 2.45) is 0 Å². The van der Waals surface area contributed by atoms with E-state index in [4.69, 9.17) is 0 Å². The molecule has 28 heavy (non-hydrogen) atoms. The Labute approximate surface area is 166 Å². The van der Waals surface area contributed by atoms with Crippen LogP contribution in [-0.2, 0) is 20.9 Å². The summed E-state index contributed by atoms with van der Waals surface area (Å²) in [5, 5.41) is 5.77. The van der Waals surface area contributed by atoms with Crippen molar-refractivity contribution in [3.8, 4) is 0 Å². The normalized spacial score (nSPS) is 20.3. The van der Waals surface area contributed by atoms with Crippen molar-refractivity contribution >= 4 is 17.7 Å². The third kappa shape index (κ3) is 5.32. The van der Waals surface area contributed by atoms with Crippen LogP contribution in [-0.4, -0.2) is 66.3 Å². The number of hydrogen-bond acceptors (Lipinski definition) is 4. The number of rotatable bonds is 8. The summed E-state index contributed by atoms with van der Waals surface area (Å²) in [6.07, 6.45) is 2.46. The monoisotopic (exact) mass is 386 g/mol. The SMILES string of the molecule is Cc1ccccc1CN1CCNC(=O)[C@@H]1CC(=O)NCCCN1CCCC1=O. The van der Waals surface area contributed by atoms with Crippen LogP contribution in [0.15, 0.2) is 24.3 Å². The maximum Gasteiger partial charge on any atom is 0.237 e. The Balaban J connectivity index is 1.48. The van der Waals surface area contributed by atoms with Gasteiger partial charge in [-0.05, 0) is 30.9 Å². The molecule has 0 bridgehead atoms. The van der Waals surface area contributed by atoms with E-state index in [0.717, 1.165) is 25.9 Å². The number of carbonyl (C=O) groups excluding carboxylic acids is 3. The number of likely N-dealkylation sites (tertiary alicyclic amines) is 1. The first-order valence-electron chi connectivity index (χ1n) is 10.2. The molecular formula is C21H30N4O3. The number of hydrogen-bond donors (Lipinski definition) is 2. The standard InChI is InChI=1S/C21H30N4O3/c1-16-6-2-3-7-17(16)15-25-13-10-23-21(28)18(25)14-19(26)22-9-5-12-24-11-4-8-20(24)27/h2-3,6-7,18H,4-5,8-15H2,1H3,(H,22,26)(H,23,28)/t18-/m0/s1. The fourth-order valence-electron chi connectivity index (χ4n) is 3.87. The van der Waals surface area contributed by atoms with Gasteiger partial charge >= 0.3 is 0 Å². The molecule has 7 nitrogen and oxygen atoms in total. The molecule has 2 heterocycles. The summed E-state index contributed by atoms with van der Waals surface area (Å²) in [7, 11) is 0. The highest BCUT2D eigenvalue weighted by molar-refractivity contribution is 5.88. The molecule has 1 aromatic carbocycles. The minimum absolute atomic E-state index is 0.0855. The van der Waals surface area contributed by atoms with Crippen LogP contribution in [0.1, 0.15) is 36.8 Å². The fourth-order valence-corrected chi connectivity index (χ4v) is 3.87. The summed E-state index contributed by atoms with van der Waals surface area (Å²) >= 11 is 0. The highest BCUT2D eigenvalue weighted by Gasteiger charge is 2.31. The Hall–Kier alpha value is -2.41. The second-order valence-electron chi connectivity index (χ2n) is 7.60. The van der Waals surface area contributed by atoms with Crippen molar-refractivity contribution in [2.75, 3.05) is 32.7 Å². The molecule has 0 aliphatic carbocycles. The molecule has 0 spiro atoms. The summed E-state index contributed by atoms with van der Waals surface area (Å²) in [4.78, 5) is 40.3. The summed E-state index contributed by atoms with van der Waals surface area (Å²) in [5.74, 6) is -0.000667. The third-order valence-electron chi connectivity index (χ3n) is 5.55. The maximum absolute atomic E-state index is 12.4. The summed E-state index contributed by atoms with van der Waals surface area (Å²) in [6.45, 7) is 6.09. The molecule has 2 N–H and O–H groups in total. The number of piperazine rings is 1. The van der Waals surface area contributed by atoms with Crippen LogP contribution in [0, 0.1) is 6.92 Å². The smallest absolute Gasteiger partial charge is 0.237 e. The molecule has 2 fully saturated rings. The first-order valence-corrected chi connectivity index (χ1v) is 10.2. The van der Waals surface area contributed by atoms with E-state index in [1.54, 1.807) is 0 Å². The van der Waals surface area contributed by atoms with Crippen molar-refractivity contribution in [3.05, 3.63) is 35.4 Å². The van der Waals surface area contributed by atoms with E-state index < -0.39 is 6.04 Å². The highest BCUT2D eigenvalue weighted by atomic mass is 16.2. The van der Waals surface area contributed by atoms with Crippen molar-refractivity contribution < 1.29 is 14.4 Å². The molecule has 0 aromatic heterocycles. The average Bonchev–Trinajstić information content (AvgIpc) is 3.08. The molecular weight excluding hydrogens is 356 g/mol. The Morgan fingerprint density at radius 3 is 2.82 bits per heavy atom. The number of benzene rings is 1. The van der Waals surface area contributed by atoms with E-state index in [1.165, 1.54) is 11.1 Å². The summed E-state index contributed by atoms with van der Waals surface area (Å²) < 4.78 is 0. The Bertz CT molecular complexity index is 721. The largest absolute Gasteiger partial charge is 0.356 e. The Morgan fingerprint density at radius 2 is 2.07 bits per heavy atom. The lowest BCUT2D eigenvalue weighted by atomic mass is 10.0. The van der Waals surface area contributed by atoms with Crippen LogP contribution < -0.4 is 10.6 Å². The van der Waals surface area contributed by atoms with Gasteiger partial charge in [-0.2, -0.15) is 0 Å². The number of nitrogens with zero attached hydrogens (tertiary/aromatic N) is 2. The third-order valence-corrected chi connectivity index (χ3v) is 5.55. The van der Waals surface area contributed by atoms with Gasteiger partial charge in [0.15, 0.2) is 0 Å². The molecule has 1 atom stereocenters. The maximum atomic E-state index is 12.4. The minimum atomic E-state index is -0.450. The van der Waals surface area contributed by atoms with Gasteiger partial charge in [0.05, 0.1) is 12.5 Å².